The maximum atomic E-state index is 2.30. The quantitative estimate of drug-likeness (QED) is 0.627. The Morgan fingerprint density at radius 2 is 0.842 bits per heavy atom. The van der Waals surface area contributed by atoms with Gasteiger partial charge in [-0.1, -0.05) is 29.3 Å². The van der Waals surface area contributed by atoms with Crippen molar-refractivity contribution in [1.29, 1.82) is 0 Å². The lowest BCUT2D eigenvalue weighted by Crippen LogP contribution is -1.99. The molecule has 2 rings (SSSR count). The van der Waals surface area contributed by atoms with Gasteiger partial charge in [-0.05, 0) is 87.4 Å². The van der Waals surface area contributed by atoms with E-state index >= 15 is 0 Å². The molecule has 0 bridgehead atoms. The van der Waals surface area contributed by atoms with Gasteiger partial charge in [-0.2, -0.15) is 0 Å². The summed E-state index contributed by atoms with van der Waals surface area (Å²) in [5, 5.41) is 0. The highest BCUT2D eigenvalue weighted by atomic mass is 14.2. The molecule has 0 heteroatoms. The lowest BCUT2D eigenvalue weighted by molar-refractivity contribution is 1.18. The van der Waals surface area contributed by atoms with Crippen LogP contribution < -0.4 is 0 Å². The van der Waals surface area contributed by atoms with E-state index in [1.54, 1.807) is 0 Å². The zero-order valence-corrected chi connectivity index (χ0v) is 13.2. The van der Waals surface area contributed by atoms with E-state index in [0.29, 0.717) is 0 Å². The van der Waals surface area contributed by atoms with Crippen molar-refractivity contribution in [2.24, 2.45) is 0 Å². The SMILES string of the molecule is Cc1cc(C)cc(-c2c(C)c(C)c(C)c(C)c2C)c1. The molecule has 0 N–H and O–H groups in total. The Bertz CT molecular complexity index is 596. The number of aryl methyl sites for hydroxylation is 2. The van der Waals surface area contributed by atoms with E-state index in [9.17, 15) is 0 Å². The van der Waals surface area contributed by atoms with Crippen LogP contribution in [-0.4, -0.2) is 0 Å². The van der Waals surface area contributed by atoms with E-state index in [2.05, 4.69) is 66.7 Å². The van der Waals surface area contributed by atoms with E-state index in [1.165, 1.54) is 50.1 Å². The standard InChI is InChI=1S/C19H24/c1-11-8-12(2)10-18(9-11)19-16(6)14(4)13(3)15(5)17(19)7/h8-10H,1-7H3. The van der Waals surface area contributed by atoms with Crippen LogP contribution in [0.2, 0.25) is 0 Å². The smallest absolute Gasteiger partial charge is 0.0120 e. The summed E-state index contributed by atoms with van der Waals surface area (Å²) in [4.78, 5) is 0. The molecule has 2 aromatic carbocycles. The molecule has 0 aliphatic heterocycles. The van der Waals surface area contributed by atoms with Gasteiger partial charge in [-0.25, -0.2) is 0 Å². The number of rotatable bonds is 1. The van der Waals surface area contributed by atoms with Crippen LogP contribution >= 0.6 is 0 Å². The highest BCUT2D eigenvalue weighted by molar-refractivity contribution is 5.75. The van der Waals surface area contributed by atoms with E-state index in [4.69, 9.17) is 0 Å². The second kappa shape index (κ2) is 4.85. The zero-order valence-electron chi connectivity index (χ0n) is 13.2. The monoisotopic (exact) mass is 252 g/mol. The van der Waals surface area contributed by atoms with Crippen molar-refractivity contribution >= 4 is 0 Å². The molecule has 0 saturated carbocycles. The van der Waals surface area contributed by atoms with Gasteiger partial charge in [0.25, 0.3) is 0 Å². The summed E-state index contributed by atoms with van der Waals surface area (Å²) in [6, 6.07) is 6.84. The summed E-state index contributed by atoms with van der Waals surface area (Å²) < 4.78 is 0. The van der Waals surface area contributed by atoms with Gasteiger partial charge in [0, 0.05) is 0 Å². The van der Waals surface area contributed by atoms with Crippen molar-refractivity contribution in [3.63, 3.8) is 0 Å². The third kappa shape index (κ3) is 2.32. The lowest BCUT2D eigenvalue weighted by atomic mass is 9.85. The molecule has 0 spiro atoms. The van der Waals surface area contributed by atoms with Crippen LogP contribution in [0.1, 0.15) is 38.9 Å². The molecule has 0 heterocycles. The fraction of sp³-hybridized carbons (Fsp3) is 0.368. The maximum absolute atomic E-state index is 2.30. The van der Waals surface area contributed by atoms with Gasteiger partial charge in [0.05, 0.1) is 0 Å². The van der Waals surface area contributed by atoms with E-state index < -0.39 is 0 Å². The van der Waals surface area contributed by atoms with E-state index in [-0.39, 0.29) is 0 Å². The van der Waals surface area contributed by atoms with Crippen LogP contribution in [0, 0.1) is 48.5 Å². The zero-order chi connectivity index (χ0) is 14.3. The molecule has 2 aromatic rings. The number of hydrogen-bond donors (Lipinski definition) is 0. The van der Waals surface area contributed by atoms with Crippen molar-refractivity contribution in [2.45, 2.75) is 48.5 Å². The fourth-order valence-corrected chi connectivity index (χ4v) is 3.05. The highest BCUT2D eigenvalue weighted by Gasteiger charge is 2.14. The Labute approximate surface area is 117 Å². The molecular formula is C19H24. The van der Waals surface area contributed by atoms with Crippen molar-refractivity contribution < 1.29 is 0 Å². The Hall–Kier alpha value is -1.56. The van der Waals surface area contributed by atoms with Crippen molar-refractivity contribution in [1.82, 2.24) is 0 Å². The Morgan fingerprint density at radius 1 is 0.474 bits per heavy atom. The molecule has 19 heavy (non-hydrogen) atoms. The van der Waals surface area contributed by atoms with Gasteiger partial charge in [0.1, 0.15) is 0 Å². The molecule has 0 amide bonds. The third-order valence-corrected chi connectivity index (χ3v) is 4.51. The van der Waals surface area contributed by atoms with Crippen LogP contribution in [0.25, 0.3) is 11.1 Å². The first-order valence-corrected chi connectivity index (χ1v) is 6.98. The highest BCUT2D eigenvalue weighted by Crippen LogP contribution is 2.34. The van der Waals surface area contributed by atoms with Crippen LogP contribution in [0.15, 0.2) is 18.2 Å². The molecule has 0 aliphatic carbocycles. The molecule has 0 unspecified atom stereocenters. The minimum absolute atomic E-state index is 1.34. The van der Waals surface area contributed by atoms with Crippen LogP contribution in [0.3, 0.4) is 0 Å². The first kappa shape index (κ1) is 13.9. The van der Waals surface area contributed by atoms with Gasteiger partial charge < -0.3 is 0 Å². The van der Waals surface area contributed by atoms with Gasteiger partial charge >= 0.3 is 0 Å². The number of hydrogen-bond acceptors (Lipinski definition) is 0. The molecule has 0 aliphatic rings. The van der Waals surface area contributed by atoms with Gasteiger partial charge in [0.2, 0.25) is 0 Å². The molecule has 0 atom stereocenters. The van der Waals surface area contributed by atoms with Gasteiger partial charge in [-0.15, -0.1) is 0 Å². The summed E-state index contributed by atoms with van der Waals surface area (Å²) >= 11 is 0. The maximum Gasteiger partial charge on any atom is -0.0120 e. The lowest BCUT2D eigenvalue weighted by Gasteiger charge is -2.19. The fourth-order valence-electron chi connectivity index (χ4n) is 3.05. The Kier molecular flexibility index (Phi) is 3.54. The van der Waals surface area contributed by atoms with E-state index in [0.717, 1.165) is 0 Å². The second-order valence-electron chi connectivity index (χ2n) is 5.88. The van der Waals surface area contributed by atoms with Crippen molar-refractivity contribution in [2.75, 3.05) is 0 Å². The van der Waals surface area contributed by atoms with Crippen LogP contribution in [-0.2, 0) is 0 Å². The molecular weight excluding hydrogens is 228 g/mol. The summed E-state index contributed by atoms with van der Waals surface area (Å²) in [5.74, 6) is 0. The molecule has 0 fully saturated rings. The normalized spacial score (nSPS) is 10.9. The molecule has 0 nitrogen and oxygen atoms in total. The summed E-state index contributed by atoms with van der Waals surface area (Å²) in [5.41, 5.74) is 12.6. The van der Waals surface area contributed by atoms with E-state index in [1.807, 2.05) is 0 Å². The summed E-state index contributed by atoms with van der Waals surface area (Å²) in [6.07, 6.45) is 0. The summed E-state index contributed by atoms with van der Waals surface area (Å²) in [7, 11) is 0. The first-order chi connectivity index (χ1) is 8.82. The topological polar surface area (TPSA) is 0 Å². The minimum Gasteiger partial charge on any atom is -0.0563 e. The molecule has 0 saturated heterocycles. The molecule has 100 valence electrons. The molecule has 0 aromatic heterocycles. The number of benzene rings is 2. The Balaban J connectivity index is 2.82. The van der Waals surface area contributed by atoms with Gasteiger partial charge in [-0.3, -0.25) is 0 Å². The largest absolute Gasteiger partial charge is 0.0563 e. The minimum atomic E-state index is 1.34. The first-order valence-electron chi connectivity index (χ1n) is 6.98. The van der Waals surface area contributed by atoms with Gasteiger partial charge in [0.15, 0.2) is 0 Å². The average Bonchev–Trinajstić information content (AvgIpc) is 2.33. The molecule has 0 radical (unpaired) electrons. The predicted octanol–water partition coefficient (Wildman–Crippen LogP) is 5.51. The predicted molar refractivity (Wildman–Crippen MR) is 85.0 cm³/mol. The Morgan fingerprint density at radius 3 is 1.26 bits per heavy atom. The summed E-state index contributed by atoms with van der Waals surface area (Å²) in [6.45, 7) is 15.6. The van der Waals surface area contributed by atoms with Crippen LogP contribution in [0.5, 0.6) is 0 Å². The second-order valence-corrected chi connectivity index (χ2v) is 5.88. The van der Waals surface area contributed by atoms with Crippen LogP contribution in [0.4, 0.5) is 0 Å². The van der Waals surface area contributed by atoms with Crippen molar-refractivity contribution in [3.05, 3.63) is 57.1 Å². The third-order valence-electron chi connectivity index (χ3n) is 4.51. The van der Waals surface area contributed by atoms with Crippen molar-refractivity contribution in [3.8, 4) is 11.1 Å². The average molecular weight is 252 g/mol.